The second-order valence-corrected chi connectivity index (χ2v) is 5.34. The van der Waals surface area contributed by atoms with Gasteiger partial charge >= 0.3 is 0 Å². The lowest BCUT2D eigenvalue weighted by atomic mass is 10.1. The molecular formula is C15H14S. The Bertz CT molecular complexity index is 472. The van der Waals surface area contributed by atoms with Gasteiger partial charge in [-0.2, -0.15) is 0 Å². The van der Waals surface area contributed by atoms with Gasteiger partial charge in [-0.15, -0.1) is 0 Å². The van der Waals surface area contributed by atoms with Crippen LogP contribution in [0.4, 0.5) is 0 Å². The van der Waals surface area contributed by atoms with Crippen LogP contribution < -0.4 is 0 Å². The van der Waals surface area contributed by atoms with Crippen molar-refractivity contribution in [3.63, 3.8) is 0 Å². The molecule has 3 rings (SSSR count). The van der Waals surface area contributed by atoms with E-state index in [1.807, 2.05) is 11.8 Å². The Morgan fingerprint density at radius 3 is 2.25 bits per heavy atom. The third-order valence-corrected chi connectivity index (χ3v) is 4.01. The first-order chi connectivity index (χ1) is 7.93. The first-order valence-corrected chi connectivity index (χ1v) is 6.57. The maximum Gasteiger partial charge on any atom is 0.0157 e. The van der Waals surface area contributed by atoms with Gasteiger partial charge in [0.15, 0.2) is 0 Å². The average molecular weight is 226 g/mol. The van der Waals surface area contributed by atoms with Crippen LogP contribution in [0, 0.1) is 0 Å². The minimum Gasteiger partial charge on any atom is -0.0898 e. The maximum atomic E-state index is 2.28. The van der Waals surface area contributed by atoms with Crippen molar-refractivity contribution in [2.24, 2.45) is 0 Å². The van der Waals surface area contributed by atoms with Gasteiger partial charge in [0.2, 0.25) is 0 Å². The number of rotatable bonds is 3. The van der Waals surface area contributed by atoms with E-state index in [-0.39, 0.29) is 0 Å². The lowest BCUT2D eigenvalue weighted by molar-refractivity contribution is 1.07. The van der Waals surface area contributed by atoms with E-state index in [4.69, 9.17) is 0 Å². The van der Waals surface area contributed by atoms with Crippen molar-refractivity contribution in [2.75, 3.05) is 0 Å². The molecule has 0 aliphatic heterocycles. The first kappa shape index (κ1) is 9.98. The lowest BCUT2D eigenvalue weighted by Gasteiger charge is -2.07. The fourth-order valence-corrected chi connectivity index (χ4v) is 2.97. The zero-order valence-corrected chi connectivity index (χ0v) is 9.91. The van der Waals surface area contributed by atoms with Crippen LogP contribution in [-0.2, 0) is 0 Å². The van der Waals surface area contributed by atoms with Crippen LogP contribution in [0.2, 0.25) is 0 Å². The largest absolute Gasteiger partial charge is 0.0898 e. The second-order valence-electron chi connectivity index (χ2n) is 4.23. The van der Waals surface area contributed by atoms with Crippen molar-refractivity contribution in [3.05, 3.63) is 60.2 Å². The lowest BCUT2D eigenvalue weighted by Crippen LogP contribution is -1.83. The van der Waals surface area contributed by atoms with Gasteiger partial charge < -0.3 is 0 Å². The highest BCUT2D eigenvalue weighted by molar-refractivity contribution is 7.99. The van der Waals surface area contributed by atoms with Crippen LogP contribution in [0.25, 0.3) is 0 Å². The van der Waals surface area contributed by atoms with E-state index in [1.54, 1.807) is 0 Å². The second kappa shape index (κ2) is 4.34. The van der Waals surface area contributed by atoms with Gasteiger partial charge in [0.1, 0.15) is 0 Å². The summed E-state index contributed by atoms with van der Waals surface area (Å²) in [6.45, 7) is 0. The molecule has 2 aromatic carbocycles. The van der Waals surface area contributed by atoms with Crippen LogP contribution in [0.3, 0.4) is 0 Å². The quantitative estimate of drug-likeness (QED) is 0.730. The Morgan fingerprint density at radius 2 is 1.50 bits per heavy atom. The summed E-state index contributed by atoms with van der Waals surface area (Å²) in [6.07, 6.45) is 2.73. The van der Waals surface area contributed by atoms with Gasteiger partial charge in [0.25, 0.3) is 0 Å². The molecule has 0 saturated heterocycles. The van der Waals surface area contributed by atoms with Crippen LogP contribution in [0.1, 0.15) is 24.3 Å². The highest BCUT2D eigenvalue weighted by Gasteiger charge is 2.25. The summed E-state index contributed by atoms with van der Waals surface area (Å²) in [5.74, 6) is 0.826. The number of hydrogen-bond acceptors (Lipinski definition) is 1. The summed E-state index contributed by atoms with van der Waals surface area (Å²) in [7, 11) is 0. The predicted molar refractivity (Wildman–Crippen MR) is 69.0 cm³/mol. The van der Waals surface area contributed by atoms with Gasteiger partial charge in [-0.1, -0.05) is 48.2 Å². The van der Waals surface area contributed by atoms with Gasteiger partial charge in [0.05, 0.1) is 0 Å². The minimum absolute atomic E-state index is 0.826. The average Bonchev–Trinajstić information content (AvgIpc) is 3.15. The maximum absolute atomic E-state index is 2.28. The smallest absolute Gasteiger partial charge is 0.0157 e. The van der Waals surface area contributed by atoms with Gasteiger partial charge in [-0.3, -0.25) is 0 Å². The van der Waals surface area contributed by atoms with Crippen molar-refractivity contribution in [1.29, 1.82) is 0 Å². The Balaban J connectivity index is 1.89. The SMILES string of the molecule is c1ccc(Sc2ccccc2C2CC2)cc1. The molecule has 0 heterocycles. The van der Waals surface area contributed by atoms with Crippen molar-refractivity contribution in [2.45, 2.75) is 28.6 Å². The standard InChI is InChI=1S/C15H14S/c1-2-6-13(7-3-1)16-15-9-5-4-8-14(15)12-10-11-12/h1-9,12H,10-11H2. The Morgan fingerprint density at radius 1 is 0.812 bits per heavy atom. The summed E-state index contributed by atoms with van der Waals surface area (Å²) in [6, 6.07) is 19.4. The molecule has 0 aromatic heterocycles. The van der Waals surface area contributed by atoms with Gasteiger partial charge in [-0.25, -0.2) is 0 Å². The van der Waals surface area contributed by atoms with E-state index in [0.717, 1.165) is 5.92 Å². The molecule has 0 nitrogen and oxygen atoms in total. The molecule has 1 saturated carbocycles. The molecule has 80 valence electrons. The van der Waals surface area contributed by atoms with Crippen molar-refractivity contribution < 1.29 is 0 Å². The van der Waals surface area contributed by atoms with E-state index < -0.39 is 0 Å². The molecule has 1 aliphatic rings. The molecule has 0 N–H and O–H groups in total. The molecule has 0 atom stereocenters. The van der Waals surface area contributed by atoms with Crippen LogP contribution >= 0.6 is 11.8 Å². The fourth-order valence-electron chi connectivity index (χ4n) is 1.92. The molecule has 1 fully saturated rings. The molecule has 0 spiro atoms. The third kappa shape index (κ3) is 2.14. The predicted octanol–water partition coefficient (Wildman–Crippen LogP) is 4.72. The highest BCUT2D eigenvalue weighted by Crippen LogP contribution is 2.45. The normalized spacial score (nSPS) is 15.0. The Kier molecular flexibility index (Phi) is 2.71. The van der Waals surface area contributed by atoms with Gasteiger partial charge in [0, 0.05) is 9.79 Å². The van der Waals surface area contributed by atoms with E-state index in [0.29, 0.717) is 0 Å². The summed E-state index contributed by atoms with van der Waals surface area (Å²) in [4.78, 5) is 2.76. The molecule has 1 heteroatoms. The molecular weight excluding hydrogens is 212 g/mol. The van der Waals surface area contributed by atoms with Crippen molar-refractivity contribution >= 4 is 11.8 Å². The monoisotopic (exact) mass is 226 g/mol. The highest BCUT2D eigenvalue weighted by atomic mass is 32.2. The molecule has 16 heavy (non-hydrogen) atoms. The molecule has 0 amide bonds. The minimum atomic E-state index is 0.826. The van der Waals surface area contributed by atoms with E-state index in [1.165, 1.54) is 28.2 Å². The van der Waals surface area contributed by atoms with E-state index in [9.17, 15) is 0 Å². The molecule has 0 radical (unpaired) electrons. The van der Waals surface area contributed by atoms with E-state index >= 15 is 0 Å². The zero-order chi connectivity index (χ0) is 10.8. The van der Waals surface area contributed by atoms with Crippen LogP contribution in [0.5, 0.6) is 0 Å². The van der Waals surface area contributed by atoms with Crippen molar-refractivity contribution in [3.8, 4) is 0 Å². The molecule has 0 unspecified atom stereocenters. The van der Waals surface area contributed by atoms with Crippen molar-refractivity contribution in [1.82, 2.24) is 0 Å². The zero-order valence-electron chi connectivity index (χ0n) is 9.10. The van der Waals surface area contributed by atoms with Gasteiger partial charge in [-0.05, 0) is 42.5 Å². The number of hydrogen-bond donors (Lipinski definition) is 0. The molecule has 1 aliphatic carbocycles. The van der Waals surface area contributed by atoms with E-state index in [2.05, 4.69) is 54.6 Å². The van der Waals surface area contributed by atoms with Crippen LogP contribution in [0.15, 0.2) is 64.4 Å². The fraction of sp³-hybridized carbons (Fsp3) is 0.200. The Labute approximate surface area is 101 Å². The third-order valence-electron chi connectivity index (χ3n) is 2.91. The van der Waals surface area contributed by atoms with Crippen LogP contribution in [-0.4, -0.2) is 0 Å². The molecule has 0 bridgehead atoms. The summed E-state index contributed by atoms with van der Waals surface area (Å²) in [5.41, 5.74) is 1.54. The summed E-state index contributed by atoms with van der Waals surface area (Å²) < 4.78 is 0. The Hall–Kier alpha value is -1.21. The topological polar surface area (TPSA) is 0 Å². The molecule has 2 aromatic rings. The summed E-state index contributed by atoms with van der Waals surface area (Å²) in [5, 5.41) is 0. The number of benzene rings is 2. The first-order valence-electron chi connectivity index (χ1n) is 5.75. The summed E-state index contributed by atoms with van der Waals surface area (Å²) >= 11 is 1.88.